The van der Waals surface area contributed by atoms with Gasteiger partial charge < -0.3 is 9.79 Å². The Bertz CT molecular complexity index is 35.5. The van der Waals surface area contributed by atoms with Crippen LogP contribution in [0.3, 0.4) is 0 Å². The molecule has 0 aromatic carbocycles. The van der Waals surface area contributed by atoms with E-state index in [1.807, 2.05) is 0 Å². The Morgan fingerprint density at radius 2 is 1.12 bits per heavy atom. The molecular weight excluding hydrogens is 169 g/mol. The molecule has 0 aliphatic heterocycles. The molecule has 0 radical (unpaired) electrons. The SMILES string of the molecule is N[PH3+].N[PH3+].O=[P+]([O-])[O-]. The fourth-order valence-corrected chi connectivity index (χ4v) is 0. The summed E-state index contributed by atoms with van der Waals surface area (Å²) in [6.45, 7) is 0. The number of hydrogen-bond donors (Lipinski definition) is 2. The lowest BCUT2D eigenvalue weighted by Gasteiger charge is -1.75. The van der Waals surface area contributed by atoms with E-state index >= 15 is 0 Å². The summed E-state index contributed by atoms with van der Waals surface area (Å²) < 4.78 is 8.48. The largest absolute Gasteiger partial charge is 0.598 e. The molecule has 5 nitrogen and oxygen atoms in total. The third-order valence-corrected chi connectivity index (χ3v) is 0. The van der Waals surface area contributed by atoms with Gasteiger partial charge in [-0.05, 0) is 0 Å². The van der Waals surface area contributed by atoms with Crippen molar-refractivity contribution in [3.05, 3.63) is 0 Å². The van der Waals surface area contributed by atoms with Gasteiger partial charge in [-0.3, -0.25) is 0 Å². The van der Waals surface area contributed by atoms with Gasteiger partial charge in [-0.25, -0.2) is 11.0 Å². The fourth-order valence-electron chi connectivity index (χ4n) is 0. The van der Waals surface area contributed by atoms with Crippen molar-refractivity contribution in [3.63, 3.8) is 0 Å². The number of hydrogen-bond acceptors (Lipinski definition) is 5. The molecule has 0 fully saturated rings. The van der Waals surface area contributed by atoms with Crippen LogP contribution in [-0.2, 0) is 4.57 Å². The Balaban J connectivity index is -0.0000000542. The zero-order valence-electron chi connectivity index (χ0n) is 4.24. The van der Waals surface area contributed by atoms with Crippen molar-refractivity contribution in [2.24, 2.45) is 11.0 Å². The first-order chi connectivity index (χ1) is 3.73. The molecule has 0 aromatic rings. The molecule has 2 atom stereocenters. The van der Waals surface area contributed by atoms with E-state index in [0.717, 1.165) is 0 Å². The van der Waals surface area contributed by atoms with Crippen molar-refractivity contribution in [2.45, 2.75) is 0 Å². The topological polar surface area (TPSA) is 115 Å². The minimum absolute atomic E-state index is 1.36. The highest BCUT2D eigenvalue weighted by Crippen LogP contribution is 1.79. The summed E-state index contributed by atoms with van der Waals surface area (Å²) >= 11 is 0. The van der Waals surface area contributed by atoms with Gasteiger partial charge in [0.2, 0.25) is 0 Å². The molecule has 4 N–H and O–H groups in total. The summed E-state index contributed by atoms with van der Waals surface area (Å²) in [4.78, 5) is 17.0. The average Bonchev–Trinajstić information content (AvgIpc) is 1.75. The molecule has 8 heteroatoms. The van der Waals surface area contributed by atoms with Gasteiger partial charge in [0.05, 0.1) is 0 Å². The van der Waals surface area contributed by atoms with Crippen LogP contribution in [0.25, 0.3) is 0 Å². The van der Waals surface area contributed by atoms with E-state index in [-0.39, 0.29) is 0 Å². The highest BCUT2D eigenvalue weighted by Gasteiger charge is 1.53. The molecule has 52 valence electrons. The van der Waals surface area contributed by atoms with Crippen LogP contribution in [-0.4, -0.2) is 0 Å². The maximum absolute atomic E-state index is 8.48. The van der Waals surface area contributed by atoms with E-state index in [2.05, 4.69) is 11.0 Å². The molecule has 0 bridgehead atoms. The number of nitrogens with two attached hydrogens (primary N) is 2. The lowest BCUT2D eigenvalue weighted by molar-refractivity contribution is -0.297. The van der Waals surface area contributed by atoms with E-state index in [4.69, 9.17) is 14.4 Å². The Morgan fingerprint density at radius 3 is 1.12 bits per heavy atom. The highest BCUT2D eigenvalue weighted by atomic mass is 31.1. The quantitative estimate of drug-likeness (QED) is 0.392. The fraction of sp³-hybridized carbons (Fsp3) is 0. The van der Waals surface area contributed by atoms with Crippen molar-refractivity contribution in [1.29, 1.82) is 0 Å². The summed E-state index contributed by atoms with van der Waals surface area (Å²) in [6, 6.07) is 0. The summed E-state index contributed by atoms with van der Waals surface area (Å²) in [5.74, 6) is 0. The van der Waals surface area contributed by atoms with E-state index in [9.17, 15) is 0 Å². The van der Waals surface area contributed by atoms with Gasteiger partial charge in [0.1, 0.15) is 0 Å². The normalized spacial score (nSPS) is 5.50. The molecule has 0 spiro atoms. The zero-order chi connectivity index (χ0) is 7.58. The molecule has 0 aliphatic rings. The van der Waals surface area contributed by atoms with Crippen molar-refractivity contribution in [2.75, 3.05) is 0 Å². The molecule has 0 saturated carbocycles. The number of rotatable bonds is 0. The molecule has 0 aliphatic carbocycles. The highest BCUT2D eigenvalue weighted by molar-refractivity contribution is 7.27. The maximum atomic E-state index is 8.48. The monoisotopic (exact) mass is 179 g/mol. The zero-order valence-corrected chi connectivity index (χ0v) is 7.96. The maximum Gasteiger partial charge on any atom is 0.276 e. The first kappa shape index (κ1) is 15.9. The van der Waals surface area contributed by atoms with Gasteiger partial charge >= 0.3 is 0 Å². The van der Waals surface area contributed by atoms with Crippen LogP contribution in [0, 0.1) is 0 Å². The third-order valence-electron chi connectivity index (χ3n) is 0. The van der Waals surface area contributed by atoms with Crippen molar-refractivity contribution in [3.8, 4) is 0 Å². The van der Waals surface area contributed by atoms with Crippen LogP contribution in [0.15, 0.2) is 0 Å². The standard InChI is InChI=1S/2H4NP.HO3P/c2*1-2;1-4(2)3/h2*1-2H2;(H,1,2,3)/p+1. The van der Waals surface area contributed by atoms with Crippen LogP contribution >= 0.6 is 27.0 Å². The second-order valence-corrected chi connectivity index (χ2v) is 0.671. The van der Waals surface area contributed by atoms with Gasteiger partial charge in [-0.2, -0.15) is 0 Å². The van der Waals surface area contributed by atoms with Gasteiger partial charge in [0.25, 0.3) is 8.25 Å². The molecule has 2 unspecified atom stereocenters. The second-order valence-electron chi connectivity index (χ2n) is 0.224. The van der Waals surface area contributed by atoms with Crippen LogP contribution in [0.2, 0.25) is 0 Å². The Morgan fingerprint density at radius 1 is 1.12 bits per heavy atom. The summed E-state index contributed by atoms with van der Waals surface area (Å²) in [5, 5.41) is 0. The minimum Gasteiger partial charge on any atom is -0.598 e. The second kappa shape index (κ2) is 25.0. The van der Waals surface area contributed by atoms with Crippen molar-refractivity contribution < 1.29 is 14.4 Å². The summed E-state index contributed by atoms with van der Waals surface area (Å²) in [7, 11) is -0.648. The molecule has 0 heterocycles. The molecule has 0 saturated heterocycles. The van der Waals surface area contributed by atoms with Crippen LogP contribution in [0.1, 0.15) is 0 Å². The van der Waals surface area contributed by atoms with Gasteiger partial charge in [-0.15, -0.1) is 0 Å². The smallest absolute Gasteiger partial charge is 0.276 e. The van der Waals surface area contributed by atoms with E-state index in [0.29, 0.717) is 0 Å². The summed E-state index contributed by atoms with van der Waals surface area (Å²) in [5.41, 5.74) is 9.06. The van der Waals surface area contributed by atoms with Crippen LogP contribution in [0.5, 0.6) is 0 Å². The lowest BCUT2D eigenvalue weighted by atomic mass is 13.9. The van der Waals surface area contributed by atoms with E-state index < -0.39 is 8.25 Å². The predicted molar refractivity (Wildman–Crippen MR) is 38.2 cm³/mol. The first-order valence-corrected chi connectivity index (χ1v) is 4.09. The Kier molecular flexibility index (Phi) is 49.7. The third kappa shape index (κ3) is 357. The minimum atomic E-state index is -3.37. The van der Waals surface area contributed by atoms with Gasteiger partial charge in [-0.1, -0.05) is 4.57 Å². The molecule has 8 heavy (non-hydrogen) atoms. The summed E-state index contributed by atoms with van der Waals surface area (Å²) in [6.07, 6.45) is 0. The average molecular weight is 179 g/mol. The molecule has 0 amide bonds. The van der Waals surface area contributed by atoms with Gasteiger partial charge in [0, 0.05) is 18.8 Å². The van der Waals surface area contributed by atoms with Crippen LogP contribution < -0.4 is 20.8 Å². The molecule has 0 aromatic heterocycles. The molecule has 0 rings (SSSR count). The van der Waals surface area contributed by atoms with Crippen molar-refractivity contribution >= 4 is 27.0 Å². The van der Waals surface area contributed by atoms with Crippen molar-refractivity contribution in [1.82, 2.24) is 0 Å². The van der Waals surface area contributed by atoms with E-state index in [1.54, 1.807) is 0 Å². The van der Waals surface area contributed by atoms with Crippen LogP contribution in [0.4, 0.5) is 0 Å². The Labute approximate surface area is 53.3 Å². The Hall–Kier alpha value is 0.800. The van der Waals surface area contributed by atoms with E-state index in [1.165, 1.54) is 18.8 Å². The lowest BCUT2D eigenvalue weighted by Crippen LogP contribution is -1.97. The molecular formula is H10N2O3P3+. The first-order valence-electron chi connectivity index (χ1n) is 1.36. The predicted octanol–water partition coefficient (Wildman–Crippen LogP) is -2.70. The van der Waals surface area contributed by atoms with Gasteiger partial charge in [0.15, 0.2) is 0 Å².